The topological polar surface area (TPSA) is 49.8 Å². The van der Waals surface area contributed by atoms with Crippen LogP contribution in [-0.2, 0) is 9.53 Å². The Morgan fingerprint density at radius 1 is 1.79 bits per heavy atom. The molecule has 1 N–H and O–H groups in total. The first-order chi connectivity index (χ1) is 6.65. The maximum atomic E-state index is 10.9. The van der Waals surface area contributed by atoms with Crippen molar-refractivity contribution in [2.45, 2.75) is 19.4 Å². The van der Waals surface area contributed by atoms with E-state index in [1.807, 2.05) is 4.90 Å². The molecule has 1 rings (SSSR count). The molecule has 0 amide bonds. The molecule has 0 aromatic carbocycles. The molecule has 2 atom stereocenters. The van der Waals surface area contributed by atoms with Crippen molar-refractivity contribution in [1.29, 1.82) is 0 Å². The number of likely N-dealkylation sites (tertiary alicyclic amines) is 1. The second-order valence-corrected chi connectivity index (χ2v) is 3.81. The average molecular weight is 200 g/mol. The minimum atomic E-state index is -0.796. The number of aliphatic carboxylic acids is 1. The third kappa shape index (κ3) is 2.89. The van der Waals surface area contributed by atoms with Crippen LogP contribution in [0.3, 0.4) is 0 Å². The molecule has 0 bridgehead atoms. The predicted octanol–water partition coefficient (Wildman–Crippen LogP) is 0.632. The van der Waals surface area contributed by atoms with Gasteiger partial charge in [0.05, 0.1) is 18.9 Å². The van der Waals surface area contributed by atoms with E-state index in [1.165, 1.54) is 7.11 Å². The smallest absolute Gasteiger partial charge is 0.323 e. The third-order valence-electron chi connectivity index (χ3n) is 2.66. The van der Waals surface area contributed by atoms with Gasteiger partial charge in [0.1, 0.15) is 12.6 Å². The standard InChI is InChI=1S/C10H17NO3/c1-8-3-5-11(6-4-8)9(7-14-2)10(12)13/h3,8-9H,4-7H2,1-2H3/p+1/t8?,9-/m1/s1. The molecule has 4 nitrogen and oxygen atoms in total. The molecule has 1 aliphatic rings. The normalized spacial score (nSPS) is 25.4. The number of piperidine rings is 1. The largest absolute Gasteiger partial charge is 0.480 e. The highest BCUT2D eigenvalue weighted by Gasteiger charge is 2.32. The molecule has 14 heavy (non-hydrogen) atoms. The van der Waals surface area contributed by atoms with E-state index in [9.17, 15) is 4.79 Å². The summed E-state index contributed by atoms with van der Waals surface area (Å²) in [5.41, 5.74) is 0. The van der Waals surface area contributed by atoms with Crippen LogP contribution >= 0.6 is 0 Å². The van der Waals surface area contributed by atoms with Crippen LogP contribution in [0.15, 0.2) is 0 Å². The van der Waals surface area contributed by atoms with Gasteiger partial charge in [0, 0.05) is 20.1 Å². The molecule has 1 unspecified atom stereocenters. The van der Waals surface area contributed by atoms with Gasteiger partial charge in [0.25, 0.3) is 0 Å². The average Bonchev–Trinajstić information content (AvgIpc) is 2.15. The van der Waals surface area contributed by atoms with Crippen molar-refractivity contribution in [2.24, 2.45) is 5.92 Å². The van der Waals surface area contributed by atoms with Gasteiger partial charge in [-0.2, -0.15) is 0 Å². The molecule has 1 saturated heterocycles. The molecule has 0 aliphatic carbocycles. The molecule has 0 aromatic rings. The fourth-order valence-electron chi connectivity index (χ4n) is 1.67. The van der Waals surface area contributed by atoms with Gasteiger partial charge in [-0.15, -0.1) is 0 Å². The van der Waals surface area contributed by atoms with E-state index in [-0.39, 0.29) is 6.61 Å². The molecular weight excluding hydrogens is 182 g/mol. The summed E-state index contributed by atoms with van der Waals surface area (Å²) in [7, 11) is 1.53. The summed E-state index contributed by atoms with van der Waals surface area (Å²) in [5, 5.41) is 8.99. The minimum absolute atomic E-state index is 0.261. The zero-order valence-corrected chi connectivity index (χ0v) is 8.77. The van der Waals surface area contributed by atoms with Gasteiger partial charge in [-0.05, 0) is 6.92 Å². The lowest BCUT2D eigenvalue weighted by molar-refractivity contribution is -0.145. The van der Waals surface area contributed by atoms with Crippen LogP contribution in [0.2, 0.25) is 0 Å². The van der Waals surface area contributed by atoms with Crippen LogP contribution in [0.1, 0.15) is 13.3 Å². The monoisotopic (exact) mass is 200 g/mol. The molecule has 4 heteroatoms. The fraction of sp³-hybridized carbons (Fsp3) is 0.800. The highest BCUT2D eigenvalue weighted by Crippen LogP contribution is 2.17. The van der Waals surface area contributed by atoms with Crippen LogP contribution in [0.25, 0.3) is 0 Å². The Hall–Kier alpha value is -0.740. The Balaban J connectivity index is 2.47. The second kappa shape index (κ2) is 5.22. The van der Waals surface area contributed by atoms with E-state index in [1.54, 1.807) is 0 Å². The van der Waals surface area contributed by atoms with Gasteiger partial charge in [-0.25, -0.2) is 4.90 Å². The quantitative estimate of drug-likeness (QED) is 0.676. The highest BCUT2D eigenvalue weighted by atomic mass is 16.5. The molecule has 1 fully saturated rings. The van der Waals surface area contributed by atoms with E-state index in [4.69, 9.17) is 9.84 Å². The highest BCUT2D eigenvalue weighted by molar-refractivity contribution is 5.73. The summed E-state index contributed by atoms with van der Waals surface area (Å²) in [6, 6.07) is -0.497. The molecular formula is C10H18NO3+. The number of nitrogens with zero attached hydrogens (tertiary/aromatic N) is 1. The number of carbonyl (C=O) groups is 1. The summed E-state index contributed by atoms with van der Waals surface area (Å²) >= 11 is 0. The Kier molecular flexibility index (Phi) is 4.22. The molecule has 1 heterocycles. The van der Waals surface area contributed by atoms with Crippen LogP contribution in [0, 0.1) is 12.3 Å². The van der Waals surface area contributed by atoms with Crippen molar-refractivity contribution in [2.75, 3.05) is 26.8 Å². The summed E-state index contributed by atoms with van der Waals surface area (Å²) in [6.45, 7) is 4.01. The summed E-state index contributed by atoms with van der Waals surface area (Å²) in [6.07, 6.45) is 3.20. The van der Waals surface area contributed by atoms with Crippen molar-refractivity contribution in [1.82, 2.24) is 4.90 Å². The lowest BCUT2D eigenvalue weighted by Crippen LogP contribution is -2.48. The fourth-order valence-corrected chi connectivity index (χ4v) is 1.67. The number of hydrogen-bond acceptors (Lipinski definition) is 3. The summed E-state index contributed by atoms with van der Waals surface area (Å²) < 4.78 is 4.91. The minimum Gasteiger partial charge on any atom is -0.480 e. The third-order valence-corrected chi connectivity index (χ3v) is 2.66. The van der Waals surface area contributed by atoms with Crippen LogP contribution < -0.4 is 0 Å². The molecule has 0 saturated carbocycles. The molecule has 0 spiro atoms. The number of methoxy groups -OCH3 is 1. The number of rotatable bonds is 4. The van der Waals surface area contributed by atoms with Gasteiger partial charge in [0.15, 0.2) is 0 Å². The lowest BCUT2D eigenvalue weighted by atomic mass is 9.98. The molecule has 1 aliphatic heterocycles. The van der Waals surface area contributed by atoms with Gasteiger partial charge >= 0.3 is 5.97 Å². The van der Waals surface area contributed by atoms with Crippen LogP contribution in [0.4, 0.5) is 0 Å². The van der Waals surface area contributed by atoms with Crippen LogP contribution in [-0.4, -0.2) is 48.8 Å². The predicted molar refractivity (Wildman–Crippen MR) is 53.0 cm³/mol. The van der Waals surface area contributed by atoms with Crippen molar-refractivity contribution in [3.05, 3.63) is 6.42 Å². The van der Waals surface area contributed by atoms with E-state index >= 15 is 0 Å². The van der Waals surface area contributed by atoms with Gasteiger partial charge in [-0.3, -0.25) is 4.79 Å². The Morgan fingerprint density at radius 3 is 2.93 bits per heavy atom. The zero-order chi connectivity index (χ0) is 10.6. The molecule has 0 radical (unpaired) electrons. The van der Waals surface area contributed by atoms with Gasteiger partial charge in [0.2, 0.25) is 0 Å². The van der Waals surface area contributed by atoms with Crippen molar-refractivity contribution >= 4 is 5.97 Å². The van der Waals surface area contributed by atoms with E-state index in [2.05, 4.69) is 13.3 Å². The first kappa shape index (κ1) is 11.3. The van der Waals surface area contributed by atoms with Gasteiger partial charge < -0.3 is 9.84 Å². The Labute approximate surface area is 84.8 Å². The van der Waals surface area contributed by atoms with Crippen molar-refractivity contribution in [3.63, 3.8) is 0 Å². The van der Waals surface area contributed by atoms with Crippen molar-refractivity contribution < 1.29 is 14.6 Å². The Morgan fingerprint density at radius 2 is 2.50 bits per heavy atom. The maximum Gasteiger partial charge on any atom is 0.323 e. The second-order valence-electron chi connectivity index (χ2n) is 3.81. The maximum absolute atomic E-state index is 10.9. The van der Waals surface area contributed by atoms with Gasteiger partial charge in [-0.1, -0.05) is 0 Å². The van der Waals surface area contributed by atoms with E-state index < -0.39 is 12.0 Å². The SMILES string of the molecule is COC[C@H](C(=O)O)N1C[CH+]C(C)CC1. The van der Waals surface area contributed by atoms with Crippen molar-refractivity contribution in [3.8, 4) is 0 Å². The number of ether oxygens (including phenoxy) is 1. The Bertz CT molecular complexity index is 188. The number of hydrogen-bond donors (Lipinski definition) is 1. The van der Waals surface area contributed by atoms with E-state index in [0.717, 1.165) is 19.5 Å². The molecule has 80 valence electrons. The first-order valence-electron chi connectivity index (χ1n) is 4.94. The first-order valence-corrected chi connectivity index (χ1v) is 4.94. The van der Waals surface area contributed by atoms with E-state index in [0.29, 0.717) is 5.92 Å². The lowest BCUT2D eigenvalue weighted by Gasteiger charge is -2.29. The summed E-state index contributed by atoms with van der Waals surface area (Å²) in [5.74, 6) is -0.196. The zero-order valence-electron chi connectivity index (χ0n) is 8.77. The summed E-state index contributed by atoms with van der Waals surface area (Å²) in [4.78, 5) is 12.9. The van der Waals surface area contributed by atoms with Crippen LogP contribution in [0.5, 0.6) is 0 Å². The number of carboxylic acids is 1. The number of carboxylic acid groups (broad SMARTS) is 1. The molecule has 0 aromatic heterocycles.